The summed E-state index contributed by atoms with van der Waals surface area (Å²) in [5.41, 5.74) is 2.90. The zero-order valence-electron chi connectivity index (χ0n) is 16.9. The summed E-state index contributed by atoms with van der Waals surface area (Å²) in [5, 5.41) is 0. The lowest BCUT2D eigenvalue weighted by atomic mass is 9.80. The minimum Gasteiger partial charge on any atom is -0.381 e. The van der Waals surface area contributed by atoms with Crippen LogP contribution in [0.3, 0.4) is 0 Å². The Labute approximate surface area is 169 Å². The highest BCUT2D eigenvalue weighted by atomic mass is 16.5. The molecule has 1 aromatic heterocycles. The predicted molar refractivity (Wildman–Crippen MR) is 113 cm³/mol. The van der Waals surface area contributed by atoms with Crippen LogP contribution in [-0.4, -0.2) is 54.2 Å². The van der Waals surface area contributed by atoms with Crippen LogP contribution in [0.25, 0.3) is 0 Å². The second-order valence-electron chi connectivity index (χ2n) is 8.20. The highest BCUT2D eigenvalue weighted by molar-refractivity contribution is 5.25. The highest BCUT2D eigenvalue weighted by Gasteiger charge is 2.39. The summed E-state index contributed by atoms with van der Waals surface area (Å²) >= 11 is 0. The lowest BCUT2D eigenvalue weighted by molar-refractivity contribution is -0.00228. The van der Waals surface area contributed by atoms with E-state index in [4.69, 9.17) is 4.74 Å². The standard InChI is InChI=1S/C24H33N3O/c1-3-9-23(10-4-1)24(11-5-2-6-18-28-19-12-24)27-16-14-26(15-17-27)21-22-8-7-13-25-20-22/h1,3-4,7-10,13,20H,2,5-6,11-12,14-19,21H2. The Hall–Kier alpha value is -1.75. The SMILES string of the molecule is c1ccc(C2(N3CCN(Cc4cccnc4)CC3)CCCCCOCC2)cc1. The summed E-state index contributed by atoms with van der Waals surface area (Å²) in [6, 6.07) is 15.4. The van der Waals surface area contributed by atoms with Crippen molar-refractivity contribution in [1.29, 1.82) is 0 Å². The minimum atomic E-state index is 0.117. The Morgan fingerprint density at radius 3 is 2.50 bits per heavy atom. The van der Waals surface area contributed by atoms with Crippen LogP contribution in [0.5, 0.6) is 0 Å². The van der Waals surface area contributed by atoms with Crippen LogP contribution in [0, 0.1) is 0 Å². The van der Waals surface area contributed by atoms with Crippen LogP contribution in [0.15, 0.2) is 54.9 Å². The van der Waals surface area contributed by atoms with Gasteiger partial charge in [0.2, 0.25) is 0 Å². The highest BCUT2D eigenvalue weighted by Crippen LogP contribution is 2.39. The van der Waals surface area contributed by atoms with Gasteiger partial charge in [-0.15, -0.1) is 0 Å². The van der Waals surface area contributed by atoms with Crippen LogP contribution in [0.4, 0.5) is 0 Å². The van der Waals surface area contributed by atoms with Gasteiger partial charge in [0.25, 0.3) is 0 Å². The number of hydrogen-bond donors (Lipinski definition) is 0. The van der Waals surface area contributed by atoms with Gasteiger partial charge in [-0.05, 0) is 36.5 Å². The van der Waals surface area contributed by atoms with Crippen molar-refractivity contribution < 1.29 is 4.74 Å². The van der Waals surface area contributed by atoms with E-state index in [2.05, 4.69) is 51.2 Å². The normalized spacial score (nSPS) is 25.6. The molecule has 4 heteroatoms. The fourth-order valence-corrected chi connectivity index (χ4v) is 4.89. The van der Waals surface area contributed by atoms with Crippen molar-refractivity contribution in [3.63, 3.8) is 0 Å². The summed E-state index contributed by atoms with van der Waals surface area (Å²) in [4.78, 5) is 9.59. The molecule has 1 aromatic carbocycles. The fourth-order valence-electron chi connectivity index (χ4n) is 4.89. The number of benzene rings is 1. The molecule has 0 N–H and O–H groups in total. The summed E-state index contributed by atoms with van der Waals surface area (Å²) in [7, 11) is 0. The predicted octanol–water partition coefficient (Wildman–Crippen LogP) is 4.08. The van der Waals surface area contributed by atoms with E-state index in [1.54, 1.807) is 0 Å². The molecule has 2 fully saturated rings. The molecular weight excluding hydrogens is 346 g/mol. The average molecular weight is 380 g/mol. The van der Waals surface area contributed by atoms with Gasteiger partial charge in [0.15, 0.2) is 0 Å². The maximum atomic E-state index is 5.98. The van der Waals surface area contributed by atoms with Crippen LogP contribution in [-0.2, 0) is 16.8 Å². The van der Waals surface area contributed by atoms with Gasteiger partial charge in [-0.3, -0.25) is 14.8 Å². The van der Waals surface area contributed by atoms with Crippen LogP contribution >= 0.6 is 0 Å². The second kappa shape index (κ2) is 9.64. The van der Waals surface area contributed by atoms with E-state index in [1.165, 1.54) is 36.8 Å². The van der Waals surface area contributed by atoms with E-state index >= 15 is 0 Å². The second-order valence-corrected chi connectivity index (χ2v) is 8.20. The molecule has 0 aliphatic carbocycles. The molecule has 0 bridgehead atoms. The van der Waals surface area contributed by atoms with Crippen LogP contribution in [0.2, 0.25) is 0 Å². The zero-order valence-corrected chi connectivity index (χ0v) is 16.9. The third-order valence-corrected chi connectivity index (χ3v) is 6.46. The van der Waals surface area contributed by atoms with Gasteiger partial charge in [0, 0.05) is 63.9 Å². The Bertz CT molecular complexity index is 688. The number of ether oxygens (including phenoxy) is 1. The molecule has 0 spiro atoms. The van der Waals surface area contributed by atoms with Crippen molar-refractivity contribution in [3.05, 3.63) is 66.0 Å². The first-order valence-electron chi connectivity index (χ1n) is 10.9. The number of pyridine rings is 1. The summed E-state index contributed by atoms with van der Waals surface area (Å²) in [6.07, 6.45) is 9.94. The molecule has 1 atom stereocenters. The van der Waals surface area contributed by atoms with E-state index in [-0.39, 0.29) is 5.54 Å². The van der Waals surface area contributed by atoms with Crippen molar-refractivity contribution in [2.45, 2.75) is 44.2 Å². The Kier molecular flexibility index (Phi) is 6.73. The van der Waals surface area contributed by atoms with Crippen molar-refractivity contribution in [2.75, 3.05) is 39.4 Å². The van der Waals surface area contributed by atoms with Gasteiger partial charge < -0.3 is 4.74 Å². The maximum Gasteiger partial charge on any atom is 0.0487 e. The third kappa shape index (κ3) is 4.62. The molecule has 28 heavy (non-hydrogen) atoms. The Morgan fingerprint density at radius 2 is 1.71 bits per heavy atom. The maximum absolute atomic E-state index is 5.98. The van der Waals surface area contributed by atoms with E-state index in [0.29, 0.717) is 0 Å². The molecule has 2 saturated heterocycles. The summed E-state index contributed by atoms with van der Waals surface area (Å²) in [5.74, 6) is 0. The average Bonchev–Trinajstić information content (AvgIpc) is 2.88. The number of nitrogens with zero attached hydrogens (tertiary/aromatic N) is 3. The van der Waals surface area contributed by atoms with E-state index < -0.39 is 0 Å². The molecule has 1 unspecified atom stereocenters. The van der Waals surface area contributed by atoms with Gasteiger partial charge in [-0.25, -0.2) is 0 Å². The summed E-state index contributed by atoms with van der Waals surface area (Å²) < 4.78 is 5.98. The lowest BCUT2D eigenvalue weighted by Gasteiger charge is -2.48. The van der Waals surface area contributed by atoms with Gasteiger partial charge in [0.05, 0.1) is 0 Å². The van der Waals surface area contributed by atoms with E-state index in [9.17, 15) is 0 Å². The van der Waals surface area contributed by atoms with Gasteiger partial charge in [0.1, 0.15) is 0 Å². The quantitative estimate of drug-likeness (QED) is 0.800. The number of piperazine rings is 1. The smallest absolute Gasteiger partial charge is 0.0487 e. The molecule has 2 aliphatic rings. The topological polar surface area (TPSA) is 28.6 Å². The molecule has 0 amide bonds. The molecule has 0 saturated carbocycles. The van der Waals surface area contributed by atoms with E-state index in [0.717, 1.165) is 52.4 Å². The molecule has 2 aliphatic heterocycles. The Balaban J connectivity index is 1.49. The largest absolute Gasteiger partial charge is 0.381 e. The minimum absolute atomic E-state index is 0.117. The van der Waals surface area contributed by atoms with Crippen LogP contribution < -0.4 is 0 Å². The van der Waals surface area contributed by atoms with Gasteiger partial charge in [-0.2, -0.15) is 0 Å². The lowest BCUT2D eigenvalue weighted by Crippen LogP contribution is -2.55. The molecular formula is C24H33N3O. The van der Waals surface area contributed by atoms with Crippen molar-refractivity contribution in [3.8, 4) is 0 Å². The van der Waals surface area contributed by atoms with Crippen molar-refractivity contribution >= 4 is 0 Å². The van der Waals surface area contributed by atoms with Crippen molar-refractivity contribution in [1.82, 2.24) is 14.8 Å². The third-order valence-electron chi connectivity index (χ3n) is 6.46. The number of hydrogen-bond acceptors (Lipinski definition) is 4. The monoisotopic (exact) mass is 379 g/mol. The molecule has 2 aromatic rings. The van der Waals surface area contributed by atoms with Gasteiger partial charge in [-0.1, -0.05) is 49.2 Å². The first-order chi connectivity index (χ1) is 13.9. The zero-order chi connectivity index (χ0) is 19.1. The first-order valence-corrected chi connectivity index (χ1v) is 10.9. The fraction of sp³-hybridized carbons (Fsp3) is 0.542. The van der Waals surface area contributed by atoms with Gasteiger partial charge >= 0.3 is 0 Å². The molecule has 3 heterocycles. The Morgan fingerprint density at radius 1 is 0.857 bits per heavy atom. The first kappa shape index (κ1) is 19.6. The molecule has 0 radical (unpaired) electrons. The summed E-state index contributed by atoms with van der Waals surface area (Å²) in [6.45, 7) is 7.26. The van der Waals surface area contributed by atoms with E-state index in [1.807, 2.05) is 18.5 Å². The number of rotatable bonds is 4. The number of aromatic nitrogens is 1. The molecule has 4 nitrogen and oxygen atoms in total. The molecule has 4 rings (SSSR count). The van der Waals surface area contributed by atoms with Crippen molar-refractivity contribution in [2.24, 2.45) is 0 Å². The van der Waals surface area contributed by atoms with Crippen LogP contribution in [0.1, 0.15) is 43.2 Å². The molecule has 150 valence electrons.